The van der Waals surface area contributed by atoms with Crippen molar-refractivity contribution in [3.8, 4) is 11.5 Å². The van der Waals surface area contributed by atoms with Gasteiger partial charge in [0, 0.05) is 17.5 Å². The summed E-state index contributed by atoms with van der Waals surface area (Å²) in [6.07, 6.45) is 5.38. The van der Waals surface area contributed by atoms with Crippen LogP contribution in [0, 0.1) is 5.92 Å². The largest absolute Gasteiger partial charge is 0.496 e. The molecule has 0 spiro atoms. The first-order valence-electron chi connectivity index (χ1n) is 7.24. The number of aliphatic hydroxyl groups excluding tert-OH is 1. The molecule has 1 saturated carbocycles. The van der Waals surface area contributed by atoms with Crippen LogP contribution in [0.25, 0.3) is 0 Å². The fraction of sp³-hybridized carbons (Fsp3) is 0.625. The molecule has 3 heteroatoms. The molecule has 0 radical (unpaired) electrons. The number of hydrogen-bond acceptors (Lipinski definition) is 3. The first-order chi connectivity index (χ1) is 9.19. The minimum absolute atomic E-state index is 0.221. The van der Waals surface area contributed by atoms with Crippen molar-refractivity contribution in [2.24, 2.45) is 5.92 Å². The van der Waals surface area contributed by atoms with Gasteiger partial charge in [-0.2, -0.15) is 0 Å². The zero-order valence-electron chi connectivity index (χ0n) is 11.7. The Morgan fingerprint density at radius 2 is 2.05 bits per heavy atom. The Balaban J connectivity index is 1.93. The quantitative estimate of drug-likeness (QED) is 0.908. The van der Waals surface area contributed by atoms with Gasteiger partial charge >= 0.3 is 0 Å². The Morgan fingerprint density at radius 3 is 2.74 bits per heavy atom. The lowest BCUT2D eigenvalue weighted by molar-refractivity contribution is 0.108. The molecule has 2 atom stereocenters. The van der Waals surface area contributed by atoms with E-state index in [1.807, 2.05) is 12.1 Å². The molecule has 1 heterocycles. The molecular formula is C16H22O3. The summed E-state index contributed by atoms with van der Waals surface area (Å²) < 4.78 is 11.3. The van der Waals surface area contributed by atoms with E-state index >= 15 is 0 Å². The third-order valence-corrected chi connectivity index (χ3v) is 4.41. The van der Waals surface area contributed by atoms with Gasteiger partial charge in [0.25, 0.3) is 0 Å². The van der Waals surface area contributed by atoms with E-state index in [0.717, 1.165) is 36.3 Å². The summed E-state index contributed by atoms with van der Waals surface area (Å²) in [6.45, 7) is 2.07. The summed E-state index contributed by atoms with van der Waals surface area (Å²) in [5.41, 5.74) is 2.08. The highest BCUT2D eigenvalue weighted by molar-refractivity contribution is 5.49. The number of hydrogen-bond donors (Lipinski definition) is 1. The molecule has 1 aromatic rings. The minimum Gasteiger partial charge on any atom is -0.496 e. The van der Waals surface area contributed by atoms with Gasteiger partial charge in [-0.25, -0.2) is 0 Å². The highest BCUT2D eigenvalue weighted by Crippen LogP contribution is 2.43. The van der Waals surface area contributed by atoms with Gasteiger partial charge in [0.2, 0.25) is 0 Å². The van der Waals surface area contributed by atoms with E-state index in [1.165, 1.54) is 18.4 Å². The van der Waals surface area contributed by atoms with Gasteiger partial charge in [-0.05, 0) is 37.8 Å². The Bertz CT molecular complexity index is 463. The van der Waals surface area contributed by atoms with Gasteiger partial charge in [-0.1, -0.05) is 12.8 Å². The van der Waals surface area contributed by atoms with Gasteiger partial charge in [-0.15, -0.1) is 0 Å². The van der Waals surface area contributed by atoms with Crippen molar-refractivity contribution in [2.75, 3.05) is 7.11 Å². The molecule has 2 unspecified atom stereocenters. The number of fused-ring (bicyclic) bond motifs is 1. The average molecular weight is 262 g/mol. The minimum atomic E-state index is -0.428. The highest BCUT2D eigenvalue weighted by Gasteiger charge is 2.29. The summed E-state index contributed by atoms with van der Waals surface area (Å²) >= 11 is 0. The molecule has 0 aromatic heterocycles. The Morgan fingerprint density at radius 1 is 1.32 bits per heavy atom. The van der Waals surface area contributed by atoms with E-state index in [0.29, 0.717) is 5.92 Å². The van der Waals surface area contributed by atoms with E-state index in [9.17, 15) is 5.11 Å². The number of benzene rings is 1. The van der Waals surface area contributed by atoms with Crippen molar-refractivity contribution >= 4 is 0 Å². The zero-order chi connectivity index (χ0) is 13.4. The van der Waals surface area contributed by atoms with Crippen LogP contribution in [0.15, 0.2) is 12.1 Å². The van der Waals surface area contributed by atoms with Crippen LogP contribution >= 0.6 is 0 Å². The maximum absolute atomic E-state index is 10.6. The van der Waals surface area contributed by atoms with E-state index in [2.05, 4.69) is 6.92 Å². The van der Waals surface area contributed by atoms with Gasteiger partial charge in [0.15, 0.2) is 0 Å². The maximum Gasteiger partial charge on any atom is 0.125 e. The van der Waals surface area contributed by atoms with E-state index in [1.54, 1.807) is 7.11 Å². The molecule has 3 nitrogen and oxygen atoms in total. The fourth-order valence-electron chi connectivity index (χ4n) is 3.39. The molecular weight excluding hydrogens is 240 g/mol. The number of methoxy groups -OCH3 is 1. The van der Waals surface area contributed by atoms with Crippen LogP contribution in [0.3, 0.4) is 0 Å². The third kappa shape index (κ3) is 2.32. The van der Waals surface area contributed by atoms with E-state index in [-0.39, 0.29) is 6.10 Å². The molecule has 2 aliphatic rings. The summed E-state index contributed by atoms with van der Waals surface area (Å²) in [6, 6.07) is 4.02. The normalized spacial score (nSPS) is 24.1. The van der Waals surface area contributed by atoms with Crippen molar-refractivity contribution in [2.45, 2.75) is 51.2 Å². The lowest BCUT2D eigenvalue weighted by Crippen LogP contribution is -2.10. The zero-order valence-corrected chi connectivity index (χ0v) is 11.7. The van der Waals surface area contributed by atoms with Crippen LogP contribution in [-0.4, -0.2) is 18.3 Å². The summed E-state index contributed by atoms with van der Waals surface area (Å²) in [4.78, 5) is 0. The van der Waals surface area contributed by atoms with Gasteiger partial charge in [0.1, 0.15) is 17.6 Å². The highest BCUT2D eigenvalue weighted by atomic mass is 16.5. The van der Waals surface area contributed by atoms with Gasteiger partial charge in [-0.3, -0.25) is 0 Å². The lowest BCUT2D eigenvalue weighted by atomic mass is 9.92. The van der Waals surface area contributed by atoms with Crippen LogP contribution in [0.4, 0.5) is 0 Å². The molecule has 0 saturated heterocycles. The molecule has 1 N–H and O–H groups in total. The second-order valence-electron chi connectivity index (χ2n) is 5.82. The molecule has 1 aliphatic carbocycles. The monoisotopic (exact) mass is 262 g/mol. The van der Waals surface area contributed by atoms with Crippen molar-refractivity contribution in [1.82, 2.24) is 0 Å². The summed E-state index contributed by atoms with van der Waals surface area (Å²) in [7, 11) is 1.67. The topological polar surface area (TPSA) is 38.7 Å². The Labute approximate surface area is 114 Å². The molecule has 0 amide bonds. The Hall–Kier alpha value is -1.22. The fourth-order valence-corrected chi connectivity index (χ4v) is 3.39. The molecule has 0 bridgehead atoms. The summed E-state index contributed by atoms with van der Waals surface area (Å²) in [5, 5.41) is 10.6. The number of ether oxygens (including phenoxy) is 2. The van der Waals surface area contributed by atoms with Gasteiger partial charge < -0.3 is 14.6 Å². The third-order valence-electron chi connectivity index (χ3n) is 4.41. The standard InChI is InChI=1S/C16H22O3/c1-10-7-12-8-15(18-2)13(9-14(12)19-10)16(17)11-5-3-4-6-11/h8-11,16-17H,3-7H2,1-2H3. The van der Waals surface area contributed by atoms with Crippen LogP contribution in [-0.2, 0) is 6.42 Å². The van der Waals surface area contributed by atoms with Crippen LogP contribution in [0.5, 0.6) is 11.5 Å². The second-order valence-corrected chi connectivity index (χ2v) is 5.82. The number of rotatable bonds is 3. The molecule has 1 fully saturated rings. The molecule has 1 aromatic carbocycles. The first-order valence-corrected chi connectivity index (χ1v) is 7.24. The molecule has 3 rings (SSSR count). The molecule has 104 valence electrons. The van der Waals surface area contributed by atoms with E-state index in [4.69, 9.17) is 9.47 Å². The number of aliphatic hydroxyl groups is 1. The maximum atomic E-state index is 10.6. The van der Waals surface area contributed by atoms with Crippen molar-refractivity contribution in [3.63, 3.8) is 0 Å². The average Bonchev–Trinajstić information content (AvgIpc) is 3.03. The predicted octanol–water partition coefficient (Wildman–Crippen LogP) is 3.24. The smallest absolute Gasteiger partial charge is 0.125 e. The van der Waals surface area contributed by atoms with Crippen LogP contribution in [0.1, 0.15) is 49.8 Å². The van der Waals surface area contributed by atoms with Crippen LogP contribution < -0.4 is 9.47 Å². The molecule has 19 heavy (non-hydrogen) atoms. The van der Waals surface area contributed by atoms with Crippen LogP contribution in [0.2, 0.25) is 0 Å². The van der Waals surface area contributed by atoms with Crippen molar-refractivity contribution in [3.05, 3.63) is 23.3 Å². The predicted molar refractivity (Wildman–Crippen MR) is 73.7 cm³/mol. The van der Waals surface area contributed by atoms with Crippen molar-refractivity contribution < 1.29 is 14.6 Å². The van der Waals surface area contributed by atoms with Gasteiger partial charge in [0.05, 0.1) is 13.2 Å². The second kappa shape index (κ2) is 5.04. The SMILES string of the molecule is COc1cc2c(cc1C(O)C1CCCC1)OC(C)C2. The lowest BCUT2D eigenvalue weighted by Gasteiger charge is -2.21. The van der Waals surface area contributed by atoms with E-state index < -0.39 is 6.10 Å². The molecule has 1 aliphatic heterocycles. The summed E-state index contributed by atoms with van der Waals surface area (Å²) in [5.74, 6) is 2.09. The van der Waals surface area contributed by atoms with Crippen molar-refractivity contribution in [1.29, 1.82) is 0 Å². The Kier molecular flexibility index (Phi) is 3.40. The first kappa shape index (κ1) is 12.8.